The first-order valence-electron chi connectivity index (χ1n) is 10.7. The van der Waals surface area contributed by atoms with Gasteiger partial charge < -0.3 is 4.74 Å². The molecule has 1 unspecified atom stereocenters. The van der Waals surface area contributed by atoms with Gasteiger partial charge in [-0.25, -0.2) is 4.99 Å². The van der Waals surface area contributed by atoms with Gasteiger partial charge in [-0.3, -0.25) is 0 Å². The minimum absolute atomic E-state index is 0.212. The maximum atomic E-state index is 6.17. The highest BCUT2D eigenvalue weighted by molar-refractivity contribution is 7.73. The second-order valence-electron chi connectivity index (χ2n) is 7.88. The van der Waals surface area contributed by atoms with Crippen molar-refractivity contribution in [3.63, 3.8) is 0 Å². The van der Waals surface area contributed by atoms with E-state index >= 15 is 0 Å². The Balaban J connectivity index is 1.42. The number of hydrogen-bond donors (Lipinski definition) is 0. The van der Waals surface area contributed by atoms with Crippen LogP contribution in [0.1, 0.15) is 18.4 Å². The lowest BCUT2D eigenvalue weighted by atomic mass is 10.1. The van der Waals surface area contributed by atoms with Crippen molar-refractivity contribution in [3.05, 3.63) is 108 Å². The molecule has 3 heteroatoms. The van der Waals surface area contributed by atoms with E-state index in [1.807, 2.05) is 0 Å². The van der Waals surface area contributed by atoms with Gasteiger partial charge >= 0.3 is 0 Å². The highest BCUT2D eigenvalue weighted by Gasteiger charge is 2.35. The Kier molecular flexibility index (Phi) is 5.77. The molecule has 150 valence electrons. The lowest BCUT2D eigenvalue weighted by Gasteiger charge is -2.27. The van der Waals surface area contributed by atoms with Gasteiger partial charge in [0.1, 0.15) is 6.61 Å². The smallest absolute Gasteiger partial charge is 0.212 e. The van der Waals surface area contributed by atoms with Crippen LogP contribution >= 0.6 is 7.92 Å². The fourth-order valence-electron chi connectivity index (χ4n) is 4.44. The van der Waals surface area contributed by atoms with Crippen LogP contribution in [0.15, 0.2) is 108 Å². The summed E-state index contributed by atoms with van der Waals surface area (Å²) in [5.41, 5.74) is 3.10. The minimum Gasteiger partial charge on any atom is -0.475 e. The van der Waals surface area contributed by atoms with Crippen LogP contribution in [0.3, 0.4) is 0 Å². The topological polar surface area (TPSA) is 21.6 Å². The number of rotatable bonds is 6. The molecule has 3 aromatic carbocycles. The molecule has 0 bridgehead atoms. The Hall–Kier alpha value is -2.70. The first-order valence-corrected chi connectivity index (χ1v) is 12.1. The van der Waals surface area contributed by atoms with Gasteiger partial charge in [-0.2, -0.15) is 0 Å². The lowest BCUT2D eigenvalue weighted by Crippen LogP contribution is -2.24. The first-order chi connectivity index (χ1) is 14.9. The predicted molar refractivity (Wildman–Crippen MR) is 127 cm³/mol. The highest BCUT2D eigenvalue weighted by atomic mass is 31.1. The molecule has 5 rings (SSSR count). The Morgan fingerprint density at radius 3 is 2.03 bits per heavy atom. The van der Waals surface area contributed by atoms with Gasteiger partial charge in [-0.05, 0) is 43.4 Å². The summed E-state index contributed by atoms with van der Waals surface area (Å²) < 4.78 is 6.17. The van der Waals surface area contributed by atoms with Gasteiger partial charge in [-0.1, -0.05) is 97.1 Å². The molecule has 1 heterocycles. The Morgan fingerprint density at radius 1 is 0.800 bits per heavy atom. The van der Waals surface area contributed by atoms with E-state index < -0.39 is 7.92 Å². The fraction of sp³-hybridized carbons (Fsp3) is 0.222. The maximum absolute atomic E-state index is 6.17. The molecular weight excluding hydrogens is 385 g/mol. The van der Waals surface area contributed by atoms with Crippen molar-refractivity contribution >= 4 is 24.4 Å². The lowest BCUT2D eigenvalue weighted by molar-refractivity contribution is 0.316. The Bertz CT molecular complexity index is 991. The fourth-order valence-corrected chi connectivity index (χ4v) is 7.34. The molecule has 0 saturated heterocycles. The second-order valence-corrected chi connectivity index (χ2v) is 10.3. The highest BCUT2D eigenvalue weighted by Crippen LogP contribution is 2.48. The van der Waals surface area contributed by atoms with Crippen LogP contribution in [0, 0.1) is 0 Å². The molecule has 3 aromatic rings. The van der Waals surface area contributed by atoms with Gasteiger partial charge in [0.25, 0.3) is 0 Å². The third-order valence-electron chi connectivity index (χ3n) is 5.82. The summed E-state index contributed by atoms with van der Waals surface area (Å²) >= 11 is 0. The van der Waals surface area contributed by atoms with Crippen molar-refractivity contribution in [2.45, 2.75) is 31.0 Å². The van der Waals surface area contributed by atoms with Crippen molar-refractivity contribution in [1.29, 1.82) is 0 Å². The number of benzene rings is 3. The third-order valence-corrected chi connectivity index (χ3v) is 8.69. The molecule has 0 radical (unpaired) electrons. The van der Waals surface area contributed by atoms with Crippen molar-refractivity contribution in [1.82, 2.24) is 0 Å². The SMILES string of the molecule is C1=C(C2=N[C@@H](Cc3ccccc3)CO2)C(P(c2ccccc2)c2ccccc2)CC1. The van der Waals surface area contributed by atoms with E-state index in [9.17, 15) is 0 Å². The number of hydrogen-bond acceptors (Lipinski definition) is 2. The summed E-state index contributed by atoms with van der Waals surface area (Å²) in [5, 5.41) is 2.85. The van der Waals surface area contributed by atoms with E-state index in [0.717, 1.165) is 25.2 Å². The molecule has 0 N–H and O–H groups in total. The molecule has 2 atom stereocenters. The average Bonchev–Trinajstić information content (AvgIpc) is 3.46. The van der Waals surface area contributed by atoms with Crippen molar-refractivity contribution < 1.29 is 4.74 Å². The number of allylic oxidation sites excluding steroid dienone is 1. The summed E-state index contributed by atoms with van der Waals surface area (Å²) in [6, 6.07) is 32.8. The molecule has 2 aliphatic rings. The molecule has 1 aliphatic heterocycles. The van der Waals surface area contributed by atoms with Gasteiger partial charge in [0.05, 0.1) is 6.04 Å². The molecule has 30 heavy (non-hydrogen) atoms. The molecule has 0 spiro atoms. The van der Waals surface area contributed by atoms with E-state index in [1.54, 1.807) is 0 Å². The van der Waals surface area contributed by atoms with Crippen LogP contribution in [0.4, 0.5) is 0 Å². The van der Waals surface area contributed by atoms with Crippen LogP contribution in [0.25, 0.3) is 0 Å². The maximum Gasteiger partial charge on any atom is 0.212 e. The molecular formula is C27H26NOP. The van der Waals surface area contributed by atoms with E-state index in [4.69, 9.17) is 9.73 Å². The van der Waals surface area contributed by atoms with Gasteiger partial charge in [0.15, 0.2) is 0 Å². The number of nitrogens with zero attached hydrogens (tertiary/aromatic N) is 1. The van der Waals surface area contributed by atoms with Gasteiger partial charge in [0, 0.05) is 11.2 Å². The third kappa shape index (κ3) is 4.11. The molecule has 0 aromatic heterocycles. The zero-order valence-electron chi connectivity index (χ0n) is 17.0. The summed E-state index contributed by atoms with van der Waals surface area (Å²) in [5.74, 6) is 0.887. The second kappa shape index (κ2) is 8.98. The quantitative estimate of drug-likeness (QED) is 0.508. The average molecular weight is 411 g/mol. The summed E-state index contributed by atoms with van der Waals surface area (Å²) in [6.07, 6.45) is 5.57. The van der Waals surface area contributed by atoms with Crippen LogP contribution in [0.5, 0.6) is 0 Å². The molecule has 0 fully saturated rings. The largest absolute Gasteiger partial charge is 0.475 e. The number of aliphatic imine (C=N–C) groups is 1. The van der Waals surface area contributed by atoms with Crippen LogP contribution in [-0.2, 0) is 11.2 Å². The van der Waals surface area contributed by atoms with Crippen molar-refractivity contribution in [2.24, 2.45) is 4.99 Å². The monoisotopic (exact) mass is 411 g/mol. The zero-order chi connectivity index (χ0) is 20.2. The Labute approximate surface area is 180 Å². The molecule has 2 nitrogen and oxygen atoms in total. The van der Waals surface area contributed by atoms with Crippen molar-refractivity contribution in [2.75, 3.05) is 6.61 Å². The van der Waals surface area contributed by atoms with E-state index in [0.29, 0.717) is 12.3 Å². The van der Waals surface area contributed by atoms with E-state index in [-0.39, 0.29) is 6.04 Å². The zero-order valence-corrected chi connectivity index (χ0v) is 17.9. The number of ether oxygens (including phenoxy) is 1. The van der Waals surface area contributed by atoms with Crippen LogP contribution in [-0.4, -0.2) is 24.2 Å². The summed E-state index contributed by atoms with van der Waals surface area (Å²) in [6.45, 7) is 0.683. The molecule has 0 amide bonds. The van der Waals surface area contributed by atoms with Crippen molar-refractivity contribution in [3.8, 4) is 0 Å². The summed E-state index contributed by atoms with van der Waals surface area (Å²) in [4.78, 5) is 5.02. The molecule has 0 saturated carbocycles. The van der Waals surface area contributed by atoms with E-state index in [1.165, 1.54) is 21.7 Å². The first kappa shape index (κ1) is 19.3. The van der Waals surface area contributed by atoms with Crippen LogP contribution < -0.4 is 10.6 Å². The van der Waals surface area contributed by atoms with Gasteiger partial charge in [-0.15, -0.1) is 0 Å². The summed E-state index contributed by atoms with van der Waals surface area (Å²) in [7, 11) is -0.499. The molecule has 1 aliphatic carbocycles. The van der Waals surface area contributed by atoms with Crippen LogP contribution in [0.2, 0.25) is 0 Å². The minimum atomic E-state index is -0.499. The Morgan fingerprint density at radius 2 is 1.40 bits per heavy atom. The normalized spacial score (nSPS) is 20.7. The van der Waals surface area contributed by atoms with Gasteiger partial charge in [0.2, 0.25) is 5.90 Å². The standard InChI is InChI=1S/C27H26NOP/c1-4-11-21(12-5-1)19-22-20-29-27(28-22)25-17-10-18-26(25)30(23-13-6-2-7-14-23)24-15-8-3-9-16-24/h1-9,11-17,22,26H,10,18-20H2/t22-,26?/m0/s1. The predicted octanol–water partition coefficient (Wildman–Crippen LogP) is 5.25. The van der Waals surface area contributed by atoms with E-state index in [2.05, 4.69) is 97.1 Å².